The Morgan fingerprint density at radius 2 is 1.79 bits per heavy atom. The zero-order valence-electron chi connectivity index (χ0n) is 16.7. The zero-order chi connectivity index (χ0) is 18.8. The Labute approximate surface area is 150 Å². The summed E-state index contributed by atoms with van der Waals surface area (Å²) in [4.78, 5) is 0. The predicted octanol–water partition coefficient (Wildman–Crippen LogP) is 4.19. The van der Waals surface area contributed by atoms with Gasteiger partial charge in [0.25, 0.3) is 0 Å². The topological polar surface area (TPSA) is 47.9 Å². The van der Waals surface area contributed by atoms with Crippen molar-refractivity contribution in [3.63, 3.8) is 0 Å². The fourth-order valence-electron chi connectivity index (χ4n) is 2.41. The standard InChI is InChI=1S/C19H38O4Si/c1-9-10-11-12-17(22-15-21-6)16(2)18(13-14-20)23-24(7,8)19(3,4)5/h1,16-18,20H,10-15H2,2-8H3/t16-,17-,18+/m1/s1. The second-order valence-corrected chi connectivity index (χ2v) is 12.8. The van der Waals surface area contributed by atoms with Crippen LogP contribution in [0.1, 0.15) is 53.4 Å². The van der Waals surface area contributed by atoms with Crippen LogP contribution >= 0.6 is 0 Å². The van der Waals surface area contributed by atoms with Crippen LogP contribution in [0, 0.1) is 18.3 Å². The molecule has 0 spiro atoms. The molecule has 0 aliphatic rings. The van der Waals surface area contributed by atoms with Gasteiger partial charge >= 0.3 is 0 Å². The molecule has 0 aromatic rings. The first-order chi connectivity index (χ1) is 11.1. The molecule has 0 aliphatic carbocycles. The number of terminal acetylenes is 1. The first-order valence-electron chi connectivity index (χ1n) is 8.93. The first-order valence-corrected chi connectivity index (χ1v) is 11.8. The molecule has 0 radical (unpaired) electrons. The monoisotopic (exact) mass is 358 g/mol. The molecule has 0 fully saturated rings. The van der Waals surface area contributed by atoms with Gasteiger partial charge in [-0.3, -0.25) is 0 Å². The molecule has 4 nitrogen and oxygen atoms in total. The maximum absolute atomic E-state index is 9.50. The summed E-state index contributed by atoms with van der Waals surface area (Å²) < 4.78 is 17.6. The van der Waals surface area contributed by atoms with E-state index in [1.807, 2.05) is 0 Å². The highest BCUT2D eigenvalue weighted by molar-refractivity contribution is 6.74. The van der Waals surface area contributed by atoms with Crippen molar-refractivity contribution in [1.82, 2.24) is 0 Å². The van der Waals surface area contributed by atoms with Gasteiger partial charge in [-0.25, -0.2) is 0 Å². The van der Waals surface area contributed by atoms with E-state index in [9.17, 15) is 5.11 Å². The lowest BCUT2D eigenvalue weighted by molar-refractivity contribution is -0.109. The number of hydrogen-bond donors (Lipinski definition) is 1. The van der Waals surface area contributed by atoms with Crippen molar-refractivity contribution in [2.45, 2.75) is 83.7 Å². The Kier molecular flexibility index (Phi) is 11.1. The average Bonchev–Trinajstić information content (AvgIpc) is 2.48. The summed E-state index contributed by atoms with van der Waals surface area (Å²) in [5.41, 5.74) is 0. The van der Waals surface area contributed by atoms with Crippen LogP contribution in [0.4, 0.5) is 0 Å². The molecule has 0 saturated carbocycles. The number of aliphatic hydroxyl groups excluding tert-OH is 1. The number of unbranched alkanes of at least 4 members (excludes halogenated alkanes) is 1. The molecule has 3 atom stereocenters. The fraction of sp³-hybridized carbons (Fsp3) is 0.895. The van der Waals surface area contributed by atoms with Gasteiger partial charge in [-0.1, -0.05) is 27.7 Å². The van der Waals surface area contributed by atoms with Gasteiger partial charge in [0, 0.05) is 26.1 Å². The van der Waals surface area contributed by atoms with Crippen molar-refractivity contribution < 1.29 is 19.0 Å². The second-order valence-electron chi connectivity index (χ2n) is 8.00. The fourth-order valence-corrected chi connectivity index (χ4v) is 3.85. The van der Waals surface area contributed by atoms with Crippen LogP contribution in [0.5, 0.6) is 0 Å². The highest BCUT2D eigenvalue weighted by Gasteiger charge is 2.41. The summed E-state index contributed by atoms with van der Waals surface area (Å²) in [7, 11) is -0.288. The minimum absolute atomic E-state index is 0.0135. The van der Waals surface area contributed by atoms with E-state index in [-0.39, 0.29) is 36.6 Å². The summed E-state index contributed by atoms with van der Waals surface area (Å²) in [6, 6.07) is 0. The smallest absolute Gasteiger partial charge is 0.192 e. The Hall–Kier alpha value is -0.383. The highest BCUT2D eigenvalue weighted by Crippen LogP contribution is 2.39. The Bertz CT molecular complexity index is 371. The van der Waals surface area contributed by atoms with E-state index < -0.39 is 8.32 Å². The van der Waals surface area contributed by atoms with Crippen LogP contribution in [0.3, 0.4) is 0 Å². The van der Waals surface area contributed by atoms with Crippen LogP contribution in [-0.2, 0) is 13.9 Å². The normalized spacial score (nSPS) is 16.5. The van der Waals surface area contributed by atoms with Gasteiger partial charge in [0.15, 0.2) is 8.32 Å². The molecule has 1 N–H and O–H groups in total. The molecule has 0 rings (SSSR count). The summed E-state index contributed by atoms with van der Waals surface area (Å²) in [6.45, 7) is 13.7. The van der Waals surface area contributed by atoms with Crippen LogP contribution in [0.2, 0.25) is 18.1 Å². The second kappa shape index (κ2) is 11.3. The van der Waals surface area contributed by atoms with Gasteiger partial charge in [-0.05, 0) is 37.4 Å². The van der Waals surface area contributed by atoms with Gasteiger partial charge < -0.3 is 19.0 Å². The number of ether oxygens (including phenoxy) is 2. The number of hydrogen-bond acceptors (Lipinski definition) is 4. The zero-order valence-corrected chi connectivity index (χ0v) is 17.7. The molecular formula is C19H38O4Si. The molecule has 0 aromatic carbocycles. The Morgan fingerprint density at radius 1 is 1.17 bits per heavy atom. The lowest BCUT2D eigenvalue weighted by Gasteiger charge is -2.42. The van der Waals surface area contributed by atoms with Crippen LogP contribution in [0.15, 0.2) is 0 Å². The minimum atomic E-state index is -1.91. The van der Waals surface area contributed by atoms with E-state index >= 15 is 0 Å². The van der Waals surface area contributed by atoms with Crippen LogP contribution in [-0.4, -0.2) is 46.1 Å². The van der Waals surface area contributed by atoms with E-state index in [4.69, 9.17) is 20.3 Å². The van der Waals surface area contributed by atoms with E-state index in [1.165, 1.54) is 0 Å². The first kappa shape index (κ1) is 23.6. The molecule has 0 heterocycles. The van der Waals surface area contributed by atoms with Crippen molar-refractivity contribution in [2.75, 3.05) is 20.5 Å². The van der Waals surface area contributed by atoms with Crippen molar-refractivity contribution in [3.05, 3.63) is 0 Å². The minimum Gasteiger partial charge on any atom is -0.413 e. The van der Waals surface area contributed by atoms with Gasteiger partial charge in [-0.15, -0.1) is 12.3 Å². The molecule has 24 heavy (non-hydrogen) atoms. The third-order valence-corrected chi connectivity index (χ3v) is 9.55. The maximum Gasteiger partial charge on any atom is 0.192 e. The van der Waals surface area contributed by atoms with Crippen LogP contribution < -0.4 is 0 Å². The predicted molar refractivity (Wildman–Crippen MR) is 102 cm³/mol. The lowest BCUT2D eigenvalue weighted by atomic mass is 9.92. The SMILES string of the molecule is C#CCCC[C@@H](OCOC)[C@@H](C)[C@H](CCO)O[Si](C)(C)C(C)(C)C. The number of rotatable bonds is 12. The van der Waals surface area contributed by atoms with Crippen molar-refractivity contribution in [2.24, 2.45) is 5.92 Å². The Balaban J connectivity index is 5.09. The van der Waals surface area contributed by atoms with E-state index in [0.717, 1.165) is 19.3 Å². The van der Waals surface area contributed by atoms with Crippen LogP contribution in [0.25, 0.3) is 0 Å². The number of aliphatic hydroxyl groups is 1. The Morgan fingerprint density at radius 3 is 2.25 bits per heavy atom. The molecule has 0 unspecified atom stereocenters. The molecule has 0 aromatic heterocycles. The largest absolute Gasteiger partial charge is 0.413 e. The van der Waals surface area contributed by atoms with Crippen molar-refractivity contribution >= 4 is 8.32 Å². The van der Waals surface area contributed by atoms with E-state index in [0.29, 0.717) is 6.42 Å². The lowest BCUT2D eigenvalue weighted by Crippen LogP contribution is -2.47. The third kappa shape index (κ3) is 8.13. The quantitative estimate of drug-likeness (QED) is 0.246. The third-order valence-electron chi connectivity index (χ3n) is 5.05. The maximum atomic E-state index is 9.50. The molecule has 0 bridgehead atoms. The van der Waals surface area contributed by atoms with E-state index in [2.05, 4.69) is 46.7 Å². The van der Waals surface area contributed by atoms with Crippen molar-refractivity contribution in [3.8, 4) is 12.3 Å². The summed E-state index contributed by atoms with van der Waals surface area (Å²) in [6.07, 6.45) is 8.51. The molecule has 142 valence electrons. The molecule has 0 saturated heterocycles. The summed E-state index contributed by atoms with van der Waals surface area (Å²) in [5, 5.41) is 9.63. The van der Waals surface area contributed by atoms with Gasteiger partial charge in [-0.2, -0.15) is 0 Å². The highest BCUT2D eigenvalue weighted by atomic mass is 28.4. The average molecular weight is 359 g/mol. The summed E-state index contributed by atoms with van der Waals surface area (Å²) in [5.74, 6) is 2.85. The number of methoxy groups -OCH3 is 1. The molecule has 0 amide bonds. The molecule has 5 heteroatoms. The van der Waals surface area contributed by atoms with Crippen molar-refractivity contribution in [1.29, 1.82) is 0 Å². The van der Waals surface area contributed by atoms with E-state index in [1.54, 1.807) is 7.11 Å². The summed E-state index contributed by atoms with van der Waals surface area (Å²) >= 11 is 0. The van der Waals surface area contributed by atoms with Gasteiger partial charge in [0.05, 0.1) is 12.2 Å². The van der Waals surface area contributed by atoms with Gasteiger partial charge in [0.1, 0.15) is 6.79 Å². The molecule has 0 aliphatic heterocycles. The molecular weight excluding hydrogens is 320 g/mol. The van der Waals surface area contributed by atoms with Gasteiger partial charge in [0.2, 0.25) is 0 Å².